The fourth-order valence-corrected chi connectivity index (χ4v) is 2.47. The minimum atomic E-state index is 0.450. The second kappa shape index (κ2) is 4.99. The molecule has 0 aromatic carbocycles. The Hall–Kier alpha value is -0.840. The topological polar surface area (TPSA) is 54.7 Å². The van der Waals surface area contributed by atoms with Crippen molar-refractivity contribution in [1.29, 1.82) is 0 Å². The van der Waals surface area contributed by atoms with Gasteiger partial charge in [0.2, 0.25) is 0 Å². The van der Waals surface area contributed by atoms with Gasteiger partial charge in [0.15, 0.2) is 0 Å². The maximum Gasteiger partial charge on any atom is 0.106 e. The Labute approximate surface area is 104 Å². The molecule has 0 fully saturated rings. The molecule has 0 radical (unpaired) electrons. The molecule has 3 N–H and O–H groups in total. The second-order valence-corrected chi connectivity index (χ2v) is 5.61. The molecule has 1 atom stereocenters. The summed E-state index contributed by atoms with van der Waals surface area (Å²) in [5.41, 5.74) is 6.61. The smallest absolute Gasteiger partial charge is 0.106 e. The predicted octanol–water partition coefficient (Wildman–Crippen LogP) is 2.93. The molecule has 2 aromatic heterocycles. The zero-order valence-electron chi connectivity index (χ0n) is 9.03. The number of nitrogens with one attached hydrogen (secondary N) is 1. The van der Waals surface area contributed by atoms with E-state index in [0.29, 0.717) is 12.5 Å². The van der Waals surface area contributed by atoms with Gasteiger partial charge in [-0.25, -0.2) is 4.98 Å². The molecule has 0 bridgehead atoms. The highest BCUT2D eigenvalue weighted by atomic mass is 35.5. The van der Waals surface area contributed by atoms with Crippen LogP contribution in [-0.2, 0) is 6.42 Å². The minimum absolute atomic E-state index is 0.450. The van der Waals surface area contributed by atoms with Crippen LogP contribution >= 0.6 is 22.9 Å². The molecule has 86 valence electrons. The Morgan fingerprint density at radius 1 is 1.56 bits per heavy atom. The molecule has 0 amide bonds. The zero-order valence-corrected chi connectivity index (χ0v) is 10.6. The van der Waals surface area contributed by atoms with E-state index in [2.05, 4.69) is 16.9 Å². The predicted molar refractivity (Wildman–Crippen MR) is 68.8 cm³/mol. The standard InChI is InChI=1S/C11H14ClN3S/c1-7(5-13)4-11-14-6-8(15-11)9-2-3-10(12)16-9/h2-3,6-7H,4-5,13H2,1H3,(H,14,15). The van der Waals surface area contributed by atoms with Crippen molar-refractivity contribution in [3.63, 3.8) is 0 Å². The molecular formula is C11H14ClN3S. The lowest BCUT2D eigenvalue weighted by atomic mass is 10.1. The van der Waals surface area contributed by atoms with E-state index in [1.165, 1.54) is 0 Å². The fourth-order valence-electron chi connectivity index (χ4n) is 1.46. The second-order valence-electron chi connectivity index (χ2n) is 3.89. The summed E-state index contributed by atoms with van der Waals surface area (Å²) >= 11 is 7.44. The number of imidazole rings is 1. The van der Waals surface area contributed by atoms with Crippen LogP contribution in [0.25, 0.3) is 10.6 Å². The lowest BCUT2D eigenvalue weighted by Gasteiger charge is -2.04. The van der Waals surface area contributed by atoms with Crippen LogP contribution in [0.1, 0.15) is 12.7 Å². The molecule has 0 aliphatic rings. The van der Waals surface area contributed by atoms with Crippen LogP contribution in [0.5, 0.6) is 0 Å². The minimum Gasteiger partial charge on any atom is -0.341 e. The number of nitrogens with zero attached hydrogens (tertiary/aromatic N) is 1. The van der Waals surface area contributed by atoms with E-state index < -0.39 is 0 Å². The van der Waals surface area contributed by atoms with Gasteiger partial charge in [-0.05, 0) is 24.6 Å². The third-order valence-corrected chi connectivity index (χ3v) is 3.68. The normalized spacial score (nSPS) is 12.9. The van der Waals surface area contributed by atoms with Crippen molar-refractivity contribution in [3.05, 3.63) is 28.5 Å². The number of H-pyrrole nitrogens is 1. The summed E-state index contributed by atoms with van der Waals surface area (Å²) in [7, 11) is 0. The van der Waals surface area contributed by atoms with E-state index in [-0.39, 0.29) is 0 Å². The highest BCUT2D eigenvalue weighted by molar-refractivity contribution is 7.19. The fraction of sp³-hybridized carbons (Fsp3) is 0.364. The van der Waals surface area contributed by atoms with E-state index in [9.17, 15) is 0 Å². The van der Waals surface area contributed by atoms with Crippen molar-refractivity contribution in [2.24, 2.45) is 11.7 Å². The number of hydrogen-bond acceptors (Lipinski definition) is 3. The molecule has 2 heterocycles. The van der Waals surface area contributed by atoms with Gasteiger partial charge in [0.05, 0.1) is 21.1 Å². The Morgan fingerprint density at radius 3 is 3.00 bits per heavy atom. The molecule has 3 nitrogen and oxygen atoms in total. The monoisotopic (exact) mass is 255 g/mol. The molecule has 5 heteroatoms. The Morgan fingerprint density at radius 2 is 2.38 bits per heavy atom. The van der Waals surface area contributed by atoms with E-state index in [1.807, 2.05) is 18.3 Å². The van der Waals surface area contributed by atoms with Crippen molar-refractivity contribution in [2.75, 3.05) is 6.54 Å². The molecule has 0 aliphatic carbocycles. The summed E-state index contributed by atoms with van der Waals surface area (Å²) in [6.07, 6.45) is 2.73. The summed E-state index contributed by atoms with van der Waals surface area (Å²) in [5.74, 6) is 1.43. The van der Waals surface area contributed by atoms with Crippen molar-refractivity contribution in [1.82, 2.24) is 9.97 Å². The van der Waals surface area contributed by atoms with Gasteiger partial charge in [-0.15, -0.1) is 11.3 Å². The van der Waals surface area contributed by atoms with Gasteiger partial charge in [-0.2, -0.15) is 0 Å². The molecule has 16 heavy (non-hydrogen) atoms. The number of nitrogens with two attached hydrogens (primary N) is 1. The van der Waals surface area contributed by atoms with E-state index in [0.717, 1.165) is 27.2 Å². The molecule has 1 unspecified atom stereocenters. The van der Waals surface area contributed by atoms with Gasteiger partial charge >= 0.3 is 0 Å². The molecule has 0 spiro atoms. The van der Waals surface area contributed by atoms with Gasteiger partial charge in [0.1, 0.15) is 5.82 Å². The highest BCUT2D eigenvalue weighted by Crippen LogP contribution is 2.29. The summed E-state index contributed by atoms with van der Waals surface area (Å²) in [6.45, 7) is 2.80. The van der Waals surface area contributed by atoms with Crippen LogP contribution in [0.2, 0.25) is 4.34 Å². The third kappa shape index (κ3) is 2.64. The Kier molecular flexibility index (Phi) is 3.63. The van der Waals surface area contributed by atoms with Crippen LogP contribution in [0, 0.1) is 5.92 Å². The summed E-state index contributed by atoms with van der Waals surface area (Å²) in [6, 6.07) is 3.89. The van der Waals surface area contributed by atoms with Crippen LogP contribution in [0.15, 0.2) is 18.3 Å². The Balaban J connectivity index is 2.13. The maximum absolute atomic E-state index is 5.89. The lowest BCUT2D eigenvalue weighted by molar-refractivity contribution is 0.577. The highest BCUT2D eigenvalue weighted by Gasteiger charge is 2.08. The van der Waals surface area contributed by atoms with E-state index >= 15 is 0 Å². The number of aromatic nitrogens is 2. The summed E-state index contributed by atoms with van der Waals surface area (Å²) in [4.78, 5) is 8.75. The quantitative estimate of drug-likeness (QED) is 0.883. The first-order valence-corrected chi connectivity index (χ1v) is 6.38. The van der Waals surface area contributed by atoms with Gasteiger partial charge in [-0.1, -0.05) is 18.5 Å². The van der Waals surface area contributed by atoms with E-state index in [4.69, 9.17) is 17.3 Å². The molecule has 0 saturated heterocycles. The largest absolute Gasteiger partial charge is 0.341 e. The first-order chi connectivity index (χ1) is 7.69. The van der Waals surface area contributed by atoms with Gasteiger partial charge in [0.25, 0.3) is 0 Å². The Bertz CT molecular complexity index is 463. The van der Waals surface area contributed by atoms with Gasteiger partial charge in [-0.3, -0.25) is 0 Å². The van der Waals surface area contributed by atoms with Crippen molar-refractivity contribution < 1.29 is 0 Å². The maximum atomic E-state index is 5.89. The van der Waals surface area contributed by atoms with Crippen molar-refractivity contribution in [2.45, 2.75) is 13.3 Å². The molecule has 2 aromatic rings. The first-order valence-electron chi connectivity index (χ1n) is 5.18. The third-order valence-electron chi connectivity index (χ3n) is 2.41. The number of hydrogen-bond donors (Lipinski definition) is 2. The zero-order chi connectivity index (χ0) is 11.5. The summed E-state index contributed by atoms with van der Waals surface area (Å²) < 4.78 is 0.793. The van der Waals surface area contributed by atoms with Crippen LogP contribution in [-0.4, -0.2) is 16.5 Å². The van der Waals surface area contributed by atoms with Crippen LogP contribution in [0.3, 0.4) is 0 Å². The number of thiophene rings is 1. The van der Waals surface area contributed by atoms with Crippen LogP contribution < -0.4 is 5.73 Å². The number of aromatic amines is 1. The lowest BCUT2D eigenvalue weighted by Crippen LogP contribution is -2.13. The molecular weight excluding hydrogens is 242 g/mol. The van der Waals surface area contributed by atoms with Gasteiger partial charge in [0, 0.05) is 6.42 Å². The van der Waals surface area contributed by atoms with E-state index in [1.54, 1.807) is 11.3 Å². The molecule has 0 aliphatic heterocycles. The number of rotatable bonds is 4. The average molecular weight is 256 g/mol. The van der Waals surface area contributed by atoms with Crippen LogP contribution in [0.4, 0.5) is 0 Å². The SMILES string of the molecule is CC(CN)Cc1ncc(-c2ccc(Cl)s2)[nH]1. The summed E-state index contributed by atoms with van der Waals surface area (Å²) in [5, 5.41) is 0. The van der Waals surface area contributed by atoms with Gasteiger partial charge < -0.3 is 10.7 Å². The number of halogens is 1. The molecule has 0 saturated carbocycles. The molecule has 2 rings (SSSR count). The van der Waals surface area contributed by atoms with Crippen molar-refractivity contribution in [3.8, 4) is 10.6 Å². The average Bonchev–Trinajstić information content (AvgIpc) is 2.87. The van der Waals surface area contributed by atoms with Crippen molar-refractivity contribution >= 4 is 22.9 Å². The first kappa shape index (κ1) is 11.6.